The Hall–Kier alpha value is -0.120. The minimum atomic E-state index is -2.78. The molecule has 20 heavy (non-hydrogen) atoms. The van der Waals surface area contributed by atoms with E-state index in [4.69, 9.17) is 37.0 Å². The van der Waals surface area contributed by atoms with Gasteiger partial charge in [-0.25, -0.2) is 0 Å². The van der Waals surface area contributed by atoms with E-state index in [0.717, 1.165) is 5.56 Å². The van der Waals surface area contributed by atoms with Gasteiger partial charge in [0.15, 0.2) is 0 Å². The van der Waals surface area contributed by atoms with Crippen molar-refractivity contribution in [1.82, 2.24) is 0 Å². The van der Waals surface area contributed by atoms with Crippen LogP contribution in [0, 0.1) is 0 Å². The summed E-state index contributed by atoms with van der Waals surface area (Å²) in [4.78, 5) is 0. The highest BCUT2D eigenvalue weighted by atomic mass is 35.5. The average molecular weight is 337 g/mol. The van der Waals surface area contributed by atoms with Crippen LogP contribution in [0.15, 0.2) is 18.2 Å². The molecular weight excluding hydrogens is 315 g/mol. The molecule has 0 spiro atoms. The van der Waals surface area contributed by atoms with Crippen LogP contribution in [0.3, 0.4) is 0 Å². The van der Waals surface area contributed by atoms with Crippen LogP contribution in [0.4, 0.5) is 0 Å². The monoisotopic (exact) mass is 336 g/mol. The molecule has 114 valence electrons. The van der Waals surface area contributed by atoms with Crippen LogP contribution in [0.2, 0.25) is 5.02 Å². The molecule has 0 aliphatic rings. The fraction of sp³-hybridized carbons (Fsp3) is 0.571. The van der Waals surface area contributed by atoms with Gasteiger partial charge in [0.2, 0.25) is 0 Å². The zero-order valence-electron chi connectivity index (χ0n) is 12.6. The van der Waals surface area contributed by atoms with Gasteiger partial charge in [0.1, 0.15) is 5.75 Å². The maximum absolute atomic E-state index is 6.28. The van der Waals surface area contributed by atoms with Crippen LogP contribution in [-0.4, -0.2) is 13.2 Å². The van der Waals surface area contributed by atoms with Crippen LogP contribution in [0.5, 0.6) is 5.75 Å². The van der Waals surface area contributed by atoms with Gasteiger partial charge in [-0.05, 0) is 37.0 Å². The predicted molar refractivity (Wildman–Crippen MR) is 88.3 cm³/mol. The molecule has 6 heteroatoms. The van der Waals surface area contributed by atoms with Crippen LogP contribution in [0.25, 0.3) is 0 Å². The molecule has 1 aromatic rings. The lowest BCUT2D eigenvalue weighted by Gasteiger charge is -2.23. The third-order valence-corrected chi connectivity index (χ3v) is 5.30. The molecule has 0 atom stereocenters. The number of halogens is 1. The number of rotatable bonds is 6. The van der Waals surface area contributed by atoms with Crippen molar-refractivity contribution in [3.63, 3.8) is 0 Å². The number of hydrogen-bond donors (Lipinski definition) is 0. The topological polar surface area (TPSA) is 27.7 Å². The van der Waals surface area contributed by atoms with Crippen molar-refractivity contribution in [3.8, 4) is 5.75 Å². The molecule has 0 radical (unpaired) electrons. The first kappa shape index (κ1) is 17.9. The fourth-order valence-corrected chi connectivity index (χ4v) is 3.93. The van der Waals surface area contributed by atoms with Crippen molar-refractivity contribution in [3.05, 3.63) is 28.8 Å². The van der Waals surface area contributed by atoms with E-state index in [1.54, 1.807) is 0 Å². The molecule has 0 aliphatic heterocycles. The first-order chi connectivity index (χ1) is 9.22. The summed E-state index contributed by atoms with van der Waals surface area (Å²) in [6.45, 7) is 8.20. The maximum atomic E-state index is 6.28. The molecule has 0 aromatic heterocycles. The van der Waals surface area contributed by atoms with E-state index in [0.29, 0.717) is 24.0 Å². The summed E-state index contributed by atoms with van der Waals surface area (Å²) in [5.41, 5.74) is 1.17. The van der Waals surface area contributed by atoms with Crippen molar-refractivity contribution in [2.75, 3.05) is 13.2 Å². The molecular formula is C14H22ClO3PS. The van der Waals surface area contributed by atoms with Gasteiger partial charge in [-0.1, -0.05) is 38.4 Å². The van der Waals surface area contributed by atoms with Gasteiger partial charge in [0.25, 0.3) is 0 Å². The molecule has 0 unspecified atom stereocenters. The summed E-state index contributed by atoms with van der Waals surface area (Å²) in [6.07, 6.45) is 0. The van der Waals surface area contributed by atoms with Crippen molar-refractivity contribution < 1.29 is 13.6 Å². The summed E-state index contributed by atoms with van der Waals surface area (Å²) in [7, 11) is 0. The van der Waals surface area contributed by atoms with Gasteiger partial charge in [-0.3, -0.25) is 9.05 Å². The first-order valence-corrected chi connectivity index (χ1v) is 9.54. The zero-order chi connectivity index (χ0) is 15.4. The van der Waals surface area contributed by atoms with E-state index in [-0.39, 0.29) is 5.41 Å². The fourth-order valence-electron chi connectivity index (χ4n) is 1.57. The molecule has 0 saturated heterocycles. The van der Waals surface area contributed by atoms with E-state index in [1.807, 2.05) is 32.0 Å². The summed E-state index contributed by atoms with van der Waals surface area (Å²) < 4.78 is 16.6. The summed E-state index contributed by atoms with van der Waals surface area (Å²) in [6, 6.07) is 5.70. The Bertz CT molecular complexity index is 490. The lowest BCUT2D eigenvalue weighted by Crippen LogP contribution is -2.11. The highest BCUT2D eigenvalue weighted by Gasteiger charge is 2.23. The van der Waals surface area contributed by atoms with E-state index in [9.17, 15) is 0 Å². The highest BCUT2D eigenvalue weighted by molar-refractivity contribution is 8.07. The molecule has 0 N–H and O–H groups in total. The first-order valence-electron chi connectivity index (χ1n) is 6.60. The van der Waals surface area contributed by atoms with Crippen molar-refractivity contribution >= 4 is 30.1 Å². The van der Waals surface area contributed by atoms with Crippen molar-refractivity contribution in [1.29, 1.82) is 0 Å². The largest absolute Gasteiger partial charge is 0.423 e. The molecule has 3 nitrogen and oxygen atoms in total. The van der Waals surface area contributed by atoms with Crippen LogP contribution < -0.4 is 4.52 Å². The molecule has 0 saturated carbocycles. The standard InChI is InChI=1S/C14H22ClO3PS/c1-6-16-19(20,17-7-2)18-13-9-8-11(10-12(13)15)14(3,4)5/h8-10H,6-7H2,1-5H3. The second-order valence-corrected chi connectivity index (χ2v) is 8.61. The third kappa shape index (κ3) is 5.01. The smallest absolute Gasteiger partial charge is 0.380 e. The Morgan fingerprint density at radius 2 is 1.70 bits per heavy atom. The highest BCUT2D eigenvalue weighted by Crippen LogP contribution is 2.51. The van der Waals surface area contributed by atoms with E-state index >= 15 is 0 Å². The van der Waals surface area contributed by atoms with E-state index < -0.39 is 6.72 Å². The quantitative estimate of drug-likeness (QED) is 0.658. The van der Waals surface area contributed by atoms with Crippen molar-refractivity contribution in [2.45, 2.75) is 40.0 Å². The second-order valence-electron chi connectivity index (χ2n) is 5.27. The van der Waals surface area contributed by atoms with Gasteiger partial charge in [-0.2, -0.15) is 0 Å². The summed E-state index contributed by atoms with van der Waals surface area (Å²) in [5.74, 6) is 0.505. The second kappa shape index (κ2) is 7.24. The number of benzene rings is 1. The lowest BCUT2D eigenvalue weighted by atomic mass is 9.87. The molecule has 0 amide bonds. The van der Waals surface area contributed by atoms with Crippen LogP contribution in [0.1, 0.15) is 40.2 Å². The Balaban J connectivity index is 3.00. The minimum absolute atomic E-state index is 0.0300. The molecule has 0 aliphatic carbocycles. The summed E-state index contributed by atoms with van der Waals surface area (Å²) in [5, 5.41) is 0.519. The van der Waals surface area contributed by atoms with E-state index in [2.05, 4.69) is 20.8 Å². The minimum Gasteiger partial charge on any atom is -0.423 e. The Labute approximate surface area is 131 Å². The Morgan fingerprint density at radius 3 is 2.10 bits per heavy atom. The molecule has 0 bridgehead atoms. The molecule has 0 fully saturated rings. The maximum Gasteiger partial charge on any atom is 0.380 e. The normalized spacial score (nSPS) is 12.5. The predicted octanol–water partition coefficient (Wildman–Crippen LogP) is 5.31. The Morgan fingerprint density at radius 1 is 1.15 bits per heavy atom. The summed E-state index contributed by atoms with van der Waals surface area (Å²) >= 11 is 11.6. The average Bonchev–Trinajstić information content (AvgIpc) is 2.31. The van der Waals surface area contributed by atoms with Gasteiger partial charge in [0.05, 0.1) is 18.2 Å². The van der Waals surface area contributed by atoms with Gasteiger partial charge in [-0.15, -0.1) is 0 Å². The SMILES string of the molecule is CCOP(=S)(OCC)Oc1ccc(C(C)(C)C)cc1Cl. The third-order valence-electron chi connectivity index (χ3n) is 2.58. The van der Waals surface area contributed by atoms with Gasteiger partial charge >= 0.3 is 6.72 Å². The zero-order valence-corrected chi connectivity index (χ0v) is 15.1. The molecule has 0 heterocycles. The van der Waals surface area contributed by atoms with Gasteiger partial charge < -0.3 is 4.52 Å². The molecule has 1 rings (SSSR count). The van der Waals surface area contributed by atoms with Crippen molar-refractivity contribution in [2.24, 2.45) is 0 Å². The van der Waals surface area contributed by atoms with Crippen LogP contribution >= 0.6 is 18.3 Å². The molecule has 1 aromatic carbocycles. The lowest BCUT2D eigenvalue weighted by molar-refractivity contribution is 0.218. The Kier molecular flexibility index (Phi) is 6.49. The van der Waals surface area contributed by atoms with Crippen LogP contribution in [-0.2, 0) is 26.3 Å². The number of hydrogen-bond acceptors (Lipinski definition) is 4. The van der Waals surface area contributed by atoms with Gasteiger partial charge in [0, 0.05) is 11.8 Å². The van der Waals surface area contributed by atoms with E-state index in [1.165, 1.54) is 0 Å².